The SMILES string of the molecule is COCCC1(CN=C(N)N2CCCCC2)CC1. The van der Waals surface area contributed by atoms with Gasteiger partial charge in [-0.3, -0.25) is 4.99 Å². The van der Waals surface area contributed by atoms with E-state index in [1.54, 1.807) is 7.11 Å². The molecule has 4 nitrogen and oxygen atoms in total. The molecule has 2 fully saturated rings. The molecule has 98 valence electrons. The molecule has 1 saturated heterocycles. The van der Waals surface area contributed by atoms with Crippen LogP contribution in [-0.4, -0.2) is 44.2 Å². The van der Waals surface area contributed by atoms with Crippen molar-refractivity contribution in [3.63, 3.8) is 0 Å². The Morgan fingerprint density at radius 3 is 2.59 bits per heavy atom. The number of aliphatic imine (C=N–C) groups is 1. The van der Waals surface area contributed by atoms with Gasteiger partial charge < -0.3 is 15.4 Å². The summed E-state index contributed by atoms with van der Waals surface area (Å²) in [5.41, 5.74) is 6.47. The van der Waals surface area contributed by atoms with Gasteiger partial charge in [0.2, 0.25) is 0 Å². The third-order valence-electron chi connectivity index (χ3n) is 4.05. The second kappa shape index (κ2) is 5.71. The summed E-state index contributed by atoms with van der Waals surface area (Å²) in [6, 6.07) is 0. The molecule has 0 amide bonds. The molecule has 2 N–H and O–H groups in total. The minimum atomic E-state index is 0.413. The van der Waals surface area contributed by atoms with E-state index >= 15 is 0 Å². The summed E-state index contributed by atoms with van der Waals surface area (Å²) in [5, 5.41) is 0. The van der Waals surface area contributed by atoms with E-state index in [1.807, 2.05) is 0 Å². The molecule has 0 atom stereocenters. The van der Waals surface area contributed by atoms with Gasteiger partial charge in [-0.15, -0.1) is 0 Å². The highest BCUT2D eigenvalue weighted by atomic mass is 16.5. The monoisotopic (exact) mass is 239 g/mol. The van der Waals surface area contributed by atoms with E-state index in [9.17, 15) is 0 Å². The number of likely N-dealkylation sites (tertiary alicyclic amines) is 1. The Morgan fingerprint density at radius 2 is 2.00 bits per heavy atom. The molecule has 17 heavy (non-hydrogen) atoms. The van der Waals surface area contributed by atoms with Gasteiger partial charge in [0.15, 0.2) is 5.96 Å². The number of hydrogen-bond donors (Lipinski definition) is 1. The Morgan fingerprint density at radius 1 is 1.29 bits per heavy atom. The lowest BCUT2D eigenvalue weighted by molar-refractivity contribution is 0.174. The molecule has 0 spiro atoms. The average molecular weight is 239 g/mol. The topological polar surface area (TPSA) is 50.9 Å². The summed E-state index contributed by atoms with van der Waals surface area (Å²) in [5.74, 6) is 0.758. The van der Waals surface area contributed by atoms with Crippen molar-refractivity contribution in [2.75, 3.05) is 33.4 Å². The van der Waals surface area contributed by atoms with Crippen molar-refractivity contribution in [3.05, 3.63) is 0 Å². The summed E-state index contributed by atoms with van der Waals surface area (Å²) >= 11 is 0. The Labute approximate surface area is 104 Å². The number of nitrogens with two attached hydrogens (primary N) is 1. The van der Waals surface area contributed by atoms with Crippen LogP contribution in [0.1, 0.15) is 38.5 Å². The second-order valence-corrected chi connectivity index (χ2v) is 5.46. The summed E-state index contributed by atoms with van der Waals surface area (Å²) in [6.07, 6.45) is 7.54. The number of guanidine groups is 1. The van der Waals surface area contributed by atoms with Gasteiger partial charge in [0, 0.05) is 33.4 Å². The van der Waals surface area contributed by atoms with Crippen LogP contribution in [0.3, 0.4) is 0 Å². The molecule has 0 radical (unpaired) electrons. The minimum Gasteiger partial charge on any atom is -0.385 e. The Kier molecular flexibility index (Phi) is 4.26. The van der Waals surface area contributed by atoms with Gasteiger partial charge in [0.1, 0.15) is 0 Å². The zero-order valence-corrected chi connectivity index (χ0v) is 11.0. The normalized spacial score (nSPS) is 23.8. The van der Waals surface area contributed by atoms with Crippen molar-refractivity contribution in [3.8, 4) is 0 Å². The predicted octanol–water partition coefficient (Wildman–Crippen LogP) is 1.60. The highest BCUT2D eigenvalue weighted by Gasteiger charge is 2.41. The van der Waals surface area contributed by atoms with Crippen molar-refractivity contribution in [2.45, 2.75) is 38.5 Å². The van der Waals surface area contributed by atoms with Gasteiger partial charge in [-0.1, -0.05) is 0 Å². The number of methoxy groups -OCH3 is 1. The summed E-state index contributed by atoms with van der Waals surface area (Å²) < 4.78 is 5.15. The first-order chi connectivity index (χ1) is 8.26. The first-order valence-corrected chi connectivity index (χ1v) is 6.80. The molecule has 1 aliphatic carbocycles. The van der Waals surface area contributed by atoms with E-state index in [0.717, 1.165) is 38.6 Å². The van der Waals surface area contributed by atoms with E-state index < -0.39 is 0 Å². The van der Waals surface area contributed by atoms with Crippen molar-refractivity contribution >= 4 is 5.96 Å². The molecule has 2 aliphatic rings. The Bertz CT molecular complexity index is 268. The first-order valence-electron chi connectivity index (χ1n) is 6.80. The van der Waals surface area contributed by atoms with Crippen LogP contribution in [0.15, 0.2) is 4.99 Å². The van der Waals surface area contributed by atoms with Crippen molar-refractivity contribution < 1.29 is 4.74 Å². The number of hydrogen-bond acceptors (Lipinski definition) is 2. The summed E-state index contributed by atoms with van der Waals surface area (Å²) in [7, 11) is 1.77. The van der Waals surface area contributed by atoms with Gasteiger partial charge in [0.25, 0.3) is 0 Å². The van der Waals surface area contributed by atoms with E-state index in [0.29, 0.717) is 5.41 Å². The van der Waals surface area contributed by atoms with E-state index in [2.05, 4.69) is 9.89 Å². The number of piperidine rings is 1. The number of ether oxygens (including phenoxy) is 1. The zero-order valence-electron chi connectivity index (χ0n) is 11.0. The molecular weight excluding hydrogens is 214 g/mol. The second-order valence-electron chi connectivity index (χ2n) is 5.46. The van der Waals surface area contributed by atoms with E-state index in [4.69, 9.17) is 10.5 Å². The van der Waals surface area contributed by atoms with Crippen LogP contribution < -0.4 is 5.73 Å². The smallest absolute Gasteiger partial charge is 0.191 e. The molecule has 1 saturated carbocycles. The highest BCUT2D eigenvalue weighted by Crippen LogP contribution is 2.48. The fraction of sp³-hybridized carbons (Fsp3) is 0.923. The van der Waals surface area contributed by atoms with Crippen LogP contribution in [0.5, 0.6) is 0 Å². The molecule has 0 aromatic carbocycles. The molecule has 2 rings (SSSR count). The summed E-state index contributed by atoms with van der Waals surface area (Å²) in [4.78, 5) is 6.83. The van der Waals surface area contributed by atoms with Crippen LogP contribution in [0, 0.1) is 5.41 Å². The van der Waals surface area contributed by atoms with Gasteiger partial charge in [-0.25, -0.2) is 0 Å². The molecule has 0 unspecified atom stereocenters. The molecule has 1 heterocycles. The molecule has 1 aliphatic heterocycles. The third-order valence-corrected chi connectivity index (χ3v) is 4.05. The lowest BCUT2D eigenvalue weighted by atomic mass is 10.0. The van der Waals surface area contributed by atoms with Gasteiger partial charge in [-0.05, 0) is 43.9 Å². The van der Waals surface area contributed by atoms with Crippen molar-refractivity contribution in [2.24, 2.45) is 16.1 Å². The van der Waals surface area contributed by atoms with Crippen molar-refractivity contribution in [1.29, 1.82) is 0 Å². The van der Waals surface area contributed by atoms with E-state index in [1.165, 1.54) is 32.1 Å². The molecule has 0 bridgehead atoms. The van der Waals surface area contributed by atoms with Gasteiger partial charge >= 0.3 is 0 Å². The van der Waals surface area contributed by atoms with Crippen LogP contribution in [0.2, 0.25) is 0 Å². The van der Waals surface area contributed by atoms with Crippen molar-refractivity contribution in [1.82, 2.24) is 4.90 Å². The third kappa shape index (κ3) is 3.60. The average Bonchev–Trinajstić information content (AvgIpc) is 3.15. The van der Waals surface area contributed by atoms with Crippen LogP contribution in [-0.2, 0) is 4.74 Å². The maximum absolute atomic E-state index is 6.06. The number of rotatable bonds is 5. The fourth-order valence-corrected chi connectivity index (χ4v) is 2.45. The summed E-state index contributed by atoms with van der Waals surface area (Å²) in [6.45, 7) is 3.90. The fourth-order valence-electron chi connectivity index (χ4n) is 2.45. The standard InChI is InChI=1S/C13H25N3O/c1-17-10-7-13(5-6-13)11-15-12(14)16-8-3-2-4-9-16/h2-11H2,1H3,(H2,14,15). The highest BCUT2D eigenvalue weighted by molar-refractivity contribution is 5.78. The molecule has 4 heteroatoms. The lowest BCUT2D eigenvalue weighted by Gasteiger charge is -2.27. The Hall–Kier alpha value is -0.770. The maximum atomic E-state index is 6.06. The molecule has 0 aromatic heterocycles. The predicted molar refractivity (Wildman–Crippen MR) is 70.1 cm³/mol. The largest absolute Gasteiger partial charge is 0.385 e. The van der Waals surface area contributed by atoms with Crippen LogP contribution >= 0.6 is 0 Å². The molecule has 0 aromatic rings. The lowest BCUT2D eigenvalue weighted by Crippen LogP contribution is -2.41. The maximum Gasteiger partial charge on any atom is 0.191 e. The number of nitrogens with zero attached hydrogens (tertiary/aromatic N) is 2. The van der Waals surface area contributed by atoms with Crippen LogP contribution in [0.4, 0.5) is 0 Å². The molecular formula is C13H25N3O. The first kappa shape index (κ1) is 12.7. The van der Waals surface area contributed by atoms with Gasteiger partial charge in [-0.2, -0.15) is 0 Å². The Balaban J connectivity index is 1.78. The van der Waals surface area contributed by atoms with Gasteiger partial charge in [0.05, 0.1) is 0 Å². The zero-order chi connectivity index (χ0) is 12.1. The van der Waals surface area contributed by atoms with Crippen LogP contribution in [0.25, 0.3) is 0 Å². The minimum absolute atomic E-state index is 0.413. The quantitative estimate of drug-likeness (QED) is 0.585. The van der Waals surface area contributed by atoms with E-state index in [-0.39, 0.29) is 0 Å².